The van der Waals surface area contributed by atoms with Gasteiger partial charge in [0.25, 0.3) is 0 Å². The van der Waals surface area contributed by atoms with Crippen LogP contribution in [-0.2, 0) is 6.54 Å². The minimum atomic E-state index is 0.530. The molecule has 1 aliphatic heterocycles. The van der Waals surface area contributed by atoms with Gasteiger partial charge in [0, 0.05) is 19.0 Å². The number of aromatic nitrogens is 3. The van der Waals surface area contributed by atoms with E-state index in [9.17, 15) is 0 Å². The Balaban J connectivity index is 2.17. The summed E-state index contributed by atoms with van der Waals surface area (Å²) < 4.78 is 2.06. The first-order valence-electron chi connectivity index (χ1n) is 4.61. The van der Waals surface area contributed by atoms with E-state index in [0.29, 0.717) is 5.92 Å². The van der Waals surface area contributed by atoms with E-state index in [2.05, 4.69) is 26.7 Å². The fraction of sp³-hybridized carbons (Fsp3) is 0.556. The summed E-state index contributed by atoms with van der Waals surface area (Å²) in [6.45, 7) is 6.63. The van der Waals surface area contributed by atoms with Crippen molar-refractivity contribution in [3.63, 3.8) is 0 Å². The smallest absolute Gasteiger partial charge is 0.137 e. The van der Waals surface area contributed by atoms with Crippen LogP contribution in [0.3, 0.4) is 0 Å². The highest BCUT2D eigenvalue weighted by molar-refractivity contribution is 5.01. The SMILES string of the molecule is C=CCn1cnnc1C1CCNC1. The third-order valence-electron chi connectivity index (χ3n) is 2.40. The third kappa shape index (κ3) is 1.62. The highest BCUT2D eigenvalue weighted by Crippen LogP contribution is 2.19. The molecule has 0 saturated carbocycles. The van der Waals surface area contributed by atoms with Crippen LogP contribution in [0.4, 0.5) is 0 Å². The monoisotopic (exact) mass is 178 g/mol. The van der Waals surface area contributed by atoms with Gasteiger partial charge in [-0.3, -0.25) is 0 Å². The van der Waals surface area contributed by atoms with Crippen LogP contribution in [0.1, 0.15) is 18.2 Å². The van der Waals surface area contributed by atoms with Crippen LogP contribution in [0.5, 0.6) is 0 Å². The molecule has 1 N–H and O–H groups in total. The van der Waals surface area contributed by atoms with Crippen molar-refractivity contribution in [2.75, 3.05) is 13.1 Å². The van der Waals surface area contributed by atoms with Crippen LogP contribution >= 0.6 is 0 Å². The van der Waals surface area contributed by atoms with Crippen LogP contribution in [0.15, 0.2) is 19.0 Å². The largest absolute Gasteiger partial charge is 0.316 e. The van der Waals surface area contributed by atoms with E-state index in [1.807, 2.05) is 6.08 Å². The molecule has 4 nitrogen and oxygen atoms in total. The highest BCUT2D eigenvalue weighted by Gasteiger charge is 2.21. The molecular formula is C9H14N4. The maximum Gasteiger partial charge on any atom is 0.137 e. The van der Waals surface area contributed by atoms with Crippen LogP contribution in [0, 0.1) is 0 Å². The first-order chi connectivity index (χ1) is 6.42. The molecule has 1 unspecified atom stereocenters. The Kier molecular flexibility index (Phi) is 2.40. The van der Waals surface area contributed by atoms with E-state index in [-0.39, 0.29) is 0 Å². The molecule has 0 amide bonds. The fourth-order valence-electron chi connectivity index (χ4n) is 1.73. The lowest BCUT2D eigenvalue weighted by atomic mass is 10.1. The highest BCUT2D eigenvalue weighted by atomic mass is 15.3. The first-order valence-corrected chi connectivity index (χ1v) is 4.61. The van der Waals surface area contributed by atoms with Gasteiger partial charge in [-0.15, -0.1) is 16.8 Å². The van der Waals surface area contributed by atoms with Crippen LogP contribution in [0.25, 0.3) is 0 Å². The summed E-state index contributed by atoms with van der Waals surface area (Å²) in [5, 5.41) is 11.4. The maximum atomic E-state index is 4.14. The molecule has 2 rings (SSSR count). The van der Waals surface area contributed by atoms with E-state index < -0.39 is 0 Å². The van der Waals surface area contributed by atoms with E-state index in [0.717, 1.165) is 31.9 Å². The summed E-state index contributed by atoms with van der Waals surface area (Å²) in [4.78, 5) is 0. The molecule has 0 aliphatic carbocycles. The minimum Gasteiger partial charge on any atom is -0.316 e. The van der Waals surface area contributed by atoms with Crippen LogP contribution in [0.2, 0.25) is 0 Å². The molecule has 1 fully saturated rings. The van der Waals surface area contributed by atoms with Crippen molar-refractivity contribution in [3.05, 3.63) is 24.8 Å². The van der Waals surface area contributed by atoms with Gasteiger partial charge in [0.1, 0.15) is 12.2 Å². The van der Waals surface area contributed by atoms with E-state index in [4.69, 9.17) is 0 Å². The molecule has 1 aromatic rings. The van der Waals surface area contributed by atoms with E-state index in [1.165, 1.54) is 0 Å². The van der Waals surface area contributed by atoms with Crippen molar-refractivity contribution < 1.29 is 0 Å². The lowest BCUT2D eigenvalue weighted by Gasteiger charge is -2.08. The summed E-state index contributed by atoms with van der Waals surface area (Å²) in [5.41, 5.74) is 0. The number of allylic oxidation sites excluding steroid dienone is 1. The average molecular weight is 178 g/mol. The Hall–Kier alpha value is -1.16. The minimum absolute atomic E-state index is 0.530. The van der Waals surface area contributed by atoms with Crippen molar-refractivity contribution in [3.8, 4) is 0 Å². The Labute approximate surface area is 77.7 Å². The predicted octanol–water partition coefficient (Wildman–Crippen LogP) is 0.541. The van der Waals surface area contributed by atoms with Gasteiger partial charge in [-0.25, -0.2) is 0 Å². The van der Waals surface area contributed by atoms with Gasteiger partial charge in [-0.1, -0.05) is 6.08 Å². The zero-order valence-corrected chi connectivity index (χ0v) is 7.61. The lowest BCUT2D eigenvalue weighted by molar-refractivity contribution is 0.637. The van der Waals surface area contributed by atoms with Crippen molar-refractivity contribution in [2.24, 2.45) is 0 Å². The molecule has 13 heavy (non-hydrogen) atoms. The molecule has 0 bridgehead atoms. The Bertz CT molecular complexity index is 286. The molecule has 1 saturated heterocycles. The molecule has 0 radical (unpaired) electrons. The first kappa shape index (κ1) is 8.44. The molecule has 1 atom stereocenters. The summed E-state index contributed by atoms with van der Waals surface area (Å²) >= 11 is 0. The second kappa shape index (κ2) is 3.70. The molecule has 4 heteroatoms. The van der Waals surface area contributed by atoms with E-state index in [1.54, 1.807) is 6.33 Å². The average Bonchev–Trinajstić information content (AvgIpc) is 2.71. The number of nitrogens with one attached hydrogen (secondary N) is 1. The predicted molar refractivity (Wildman–Crippen MR) is 50.4 cm³/mol. The van der Waals surface area contributed by atoms with Gasteiger partial charge >= 0.3 is 0 Å². The number of nitrogens with zero attached hydrogens (tertiary/aromatic N) is 3. The van der Waals surface area contributed by atoms with Crippen molar-refractivity contribution in [2.45, 2.75) is 18.9 Å². The normalized spacial score (nSPS) is 22.0. The van der Waals surface area contributed by atoms with E-state index >= 15 is 0 Å². The topological polar surface area (TPSA) is 42.7 Å². The Morgan fingerprint density at radius 3 is 3.38 bits per heavy atom. The fourth-order valence-corrected chi connectivity index (χ4v) is 1.73. The zero-order chi connectivity index (χ0) is 9.10. The van der Waals surface area contributed by atoms with Crippen LogP contribution < -0.4 is 5.32 Å². The van der Waals surface area contributed by atoms with Crippen molar-refractivity contribution >= 4 is 0 Å². The molecule has 0 spiro atoms. The van der Waals surface area contributed by atoms with Crippen molar-refractivity contribution in [1.29, 1.82) is 0 Å². The second-order valence-corrected chi connectivity index (χ2v) is 3.32. The zero-order valence-electron chi connectivity index (χ0n) is 7.61. The molecule has 1 aromatic heterocycles. The second-order valence-electron chi connectivity index (χ2n) is 3.32. The summed E-state index contributed by atoms with van der Waals surface area (Å²) in [5.74, 6) is 1.62. The van der Waals surface area contributed by atoms with Gasteiger partial charge in [0.05, 0.1) is 0 Å². The summed E-state index contributed by atoms with van der Waals surface area (Å²) in [7, 11) is 0. The quantitative estimate of drug-likeness (QED) is 0.687. The van der Waals surface area contributed by atoms with Gasteiger partial charge in [-0.05, 0) is 13.0 Å². The number of hydrogen-bond donors (Lipinski definition) is 1. The maximum absolute atomic E-state index is 4.14. The molecule has 2 heterocycles. The van der Waals surface area contributed by atoms with Crippen molar-refractivity contribution in [1.82, 2.24) is 20.1 Å². The summed E-state index contributed by atoms with van der Waals surface area (Å²) in [6, 6.07) is 0. The van der Waals surface area contributed by atoms with Gasteiger partial charge < -0.3 is 9.88 Å². The Morgan fingerprint density at radius 1 is 1.77 bits per heavy atom. The molecule has 0 aromatic carbocycles. The summed E-state index contributed by atoms with van der Waals surface area (Å²) in [6.07, 6.45) is 4.81. The molecule has 1 aliphatic rings. The molecule has 70 valence electrons. The number of rotatable bonds is 3. The lowest BCUT2D eigenvalue weighted by Crippen LogP contribution is -2.12. The van der Waals surface area contributed by atoms with Gasteiger partial charge in [0.2, 0.25) is 0 Å². The third-order valence-corrected chi connectivity index (χ3v) is 2.40. The number of hydrogen-bond acceptors (Lipinski definition) is 3. The van der Waals surface area contributed by atoms with Gasteiger partial charge in [-0.2, -0.15) is 0 Å². The molecular weight excluding hydrogens is 164 g/mol. The van der Waals surface area contributed by atoms with Gasteiger partial charge in [0.15, 0.2) is 0 Å². The standard InChI is InChI=1S/C9H14N4/c1-2-5-13-7-11-12-9(13)8-3-4-10-6-8/h2,7-8,10H,1,3-6H2. The van der Waals surface area contributed by atoms with Crippen LogP contribution in [-0.4, -0.2) is 27.9 Å². The Morgan fingerprint density at radius 2 is 2.69 bits per heavy atom.